The Balaban J connectivity index is 0.000000118. The van der Waals surface area contributed by atoms with E-state index in [4.69, 9.17) is 8.83 Å². The van der Waals surface area contributed by atoms with Gasteiger partial charge in [0.2, 0.25) is 0 Å². The lowest BCUT2D eigenvalue weighted by Gasteiger charge is -2.48. The number of aromatic nitrogens is 4. The molecular formula is C116H64N4O2. The molecule has 20 aromatic carbocycles. The first kappa shape index (κ1) is 63.4. The minimum Gasteiger partial charge on any atom is -0.456 e. The van der Waals surface area contributed by atoms with Crippen LogP contribution in [-0.2, 0) is 21.7 Å². The fourth-order valence-corrected chi connectivity index (χ4v) is 26.7. The quantitative estimate of drug-likeness (QED) is 0.176. The molecule has 0 saturated carbocycles. The first-order chi connectivity index (χ1) is 60.6. The predicted octanol–water partition coefficient (Wildman–Crippen LogP) is 28.8. The third-order valence-corrected chi connectivity index (χ3v) is 30.3. The minimum atomic E-state index is -0.627. The van der Waals surface area contributed by atoms with Crippen molar-refractivity contribution in [3.05, 3.63) is 455 Å². The molecule has 0 amide bonds. The SMILES string of the molecule is c1cc2c3c(c1)oc1cccc(c13)C13c4ccc(-n5c6ccccc6c6ccccc65)c5cccc(c45)C21c1cccc2c(-n4c5ccccc5c5ccccc54)ccc3c12.c1ccc(-n2c3ccccc3c3c4cccc5c4c(cc32)C23c4cc6c7ccccc7n(-c7ccccc7)c6c6cccc(c46)C52c2cccc4oc5cccc3c5c24)cc1. The Labute approximate surface area is 696 Å². The van der Waals surface area contributed by atoms with E-state index in [0.717, 1.165) is 28.0 Å². The second-order valence-electron chi connectivity index (χ2n) is 34.9. The zero-order valence-electron chi connectivity index (χ0n) is 65.6. The Morgan fingerprint density at radius 1 is 0.156 bits per heavy atom. The molecule has 0 saturated heterocycles. The number of hydrogen-bond donors (Lipinski definition) is 0. The molecule has 6 heteroatoms. The molecule has 0 aliphatic heterocycles. The van der Waals surface area contributed by atoms with E-state index in [9.17, 15) is 0 Å². The van der Waals surface area contributed by atoms with Gasteiger partial charge in [0.1, 0.15) is 22.3 Å². The van der Waals surface area contributed by atoms with Crippen molar-refractivity contribution in [3.8, 4) is 22.7 Å². The van der Waals surface area contributed by atoms with Gasteiger partial charge in [-0.2, -0.15) is 0 Å². The number of rotatable bonds is 4. The fourth-order valence-electron chi connectivity index (χ4n) is 26.7. The van der Waals surface area contributed by atoms with E-state index >= 15 is 0 Å². The van der Waals surface area contributed by atoms with Crippen LogP contribution in [0.1, 0.15) is 66.8 Å². The monoisotopic (exact) mass is 1540 g/mol. The van der Waals surface area contributed by atoms with E-state index in [0.29, 0.717) is 0 Å². The third kappa shape index (κ3) is 6.73. The zero-order valence-corrected chi connectivity index (χ0v) is 65.6. The van der Waals surface area contributed by atoms with Crippen LogP contribution in [-0.4, -0.2) is 18.3 Å². The van der Waals surface area contributed by atoms with Gasteiger partial charge in [0.25, 0.3) is 0 Å². The minimum absolute atomic E-state index is 0.569. The number of hydrogen-bond acceptors (Lipinski definition) is 2. The number of fused-ring (bicyclic) bond motifs is 14. The number of para-hydroxylation sites is 8. The van der Waals surface area contributed by atoms with Gasteiger partial charge in [-0.1, -0.05) is 279 Å². The lowest BCUT2D eigenvalue weighted by Crippen LogP contribution is -2.47. The average Bonchev–Trinajstić information content (AvgIpc) is 1.44. The number of benzene rings is 20. The van der Waals surface area contributed by atoms with Gasteiger partial charge in [0.15, 0.2) is 0 Å². The Hall–Kier alpha value is -15.8. The summed E-state index contributed by atoms with van der Waals surface area (Å²) in [6.07, 6.45) is 0. The molecule has 6 aliphatic rings. The van der Waals surface area contributed by atoms with Crippen molar-refractivity contribution in [2.24, 2.45) is 0 Å². The van der Waals surface area contributed by atoms with E-state index in [2.05, 4.69) is 407 Å². The highest BCUT2D eigenvalue weighted by Gasteiger charge is 2.71. The Morgan fingerprint density at radius 3 is 0.852 bits per heavy atom. The van der Waals surface area contributed by atoms with Gasteiger partial charge in [-0.15, -0.1) is 0 Å². The van der Waals surface area contributed by atoms with E-state index in [1.165, 1.54) is 236 Å². The lowest BCUT2D eigenvalue weighted by molar-refractivity contribution is 0.469. The molecule has 6 aromatic heterocycles. The van der Waals surface area contributed by atoms with E-state index < -0.39 is 21.7 Å². The zero-order chi connectivity index (χ0) is 78.7. The molecule has 0 fully saturated rings. The molecule has 2 unspecified atom stereocenters. The van der Waals surface area contributed by atoms with Crippen molar-refractivity contribution in [1.82, 2.24) is 18.3 Å². The van der Waals surface area contributed by atoms with Crippen LogP contribution in [0, 0.1) is 0 Å². The molecule has 32 rings (SSSR count). The van der Waals surface area contributed by atoms with Gasteiger partial charge < -0.3 is 27.1 Å². The molecule has 0 N–H and O–H groups in total. The summed E-state index contributed by atoms with van der Waals surface area (Å²) in [7, 11) is 0. The Kier molecular flexibility index (Phi) is 11.2. The molecule has 0 bridgehead atoms. The first-order valence-electron chi connectivity index (χ1n) is 42.7. The highest BCUT2D eigenvalue weighted by Crippen LogP contribution is 2.78. The van der Waals surface area contributed by atoms with Crippen LogP contribution in [0.5, 0.6) is 0 Å². The third-order valence-electron chi connectivity index (χ3n) is 30.3. The molecule has 560 valence electrons. The van der Waals surface area contributed by atoms with Crippen LogP contribution in [0.25, 0.3) is 197 Å². The maximum atomic E-state index is 6.86. The second kappa shape index (κ2) is 21.6. The summed E-state index contributed by atoms with van der Waals surface area (Å²) in [5.41, 5.74) is 32.3. The highest BCUT2D eigenvalue weighted by atomic mass is 16.3. The van der Waals surface area contributed by atoms with Gasteiger partial charge in [-0.25, -0.2) is 0 Å². The van der Waals surface area contributed by atoms with E-state index in [-0.39, 0.29) is 0 Å². The predicted molar refractivity (Wildman–Crippen MR) is 500 cm³/mol. The van der Waals surface area contributed by atoms with Crippen LogP contribution >= 0.6 is 0 Å². The second-order valence-corrected chi connectivity index (χ2v) is 34.9. The molecular weight excluding hydrogens is 1480 g/mol. The summed E-state index contributed by atoms with van der Waals surface area (Å²) in [6, 6.07) is 146. The number of furan rings is 2. The molecule has 6 aliphatic carbocycles. The van der Waals surface area contributed by atoms with Crippen LogP contribution in [0.4, 0.5) is 0 Å². The van der Waals surface area contributed by atoms with Gasteiger partial charge in [0, 0.05) is 92.2 Å². The van der Waals surface area contributed by atoms with Crippen molar-refractivity contribution < 1.29 is 8.83 Å². The van der Waals surface area contributed by atoms with Crippen LogP contribution < -0.4 is 0 Å². The van der Waals surface area contributed by atoms with Crippen molar-refractivity contribution >= 4 is 174 Å². The van der Waals surface area contributed by atoms with Crippen LogP contribution in [0.3, 0.4) is 0 Å². The molecule has 26 aromatic rings. The van der Waals surface area contributed by atoms with Gasteiger partial charge in [0.05, 0.1) is 77.2 Å². The summed E-state index contributed by atoms with van der Waals surface area (Å²) in [5, 5.41) is 25.8. The number of nitrogens with zero attached hydrogens (tertiary/aromatic N) is 4. The van der Waals surface area contributed by atoms with Crippen molar-refractivity contribution in [2.45, 2.75) is 21.7 Å². The highest BCUT2D eigenvalue weighted by molar-refractivity contribution is 6.30. The first-order valence-corrected chi connectivity index (χ1v) is 42.7. The molecule has 0 radical (unpaired) electrons. The van der Waals surface area contributed by atoms with Crippen LogP contribution in [0.15, 0.2) is 397 Å². The van der Waals surface area contributed by atoms with Crippen LogP contribution in [0.2, 0.25) is 0 Å². The Bertz CT molecular complexity index is 9050. The van der Waals surface area contributed by atoms with Crippen molar-refractivity contribution in [3.63, 3.8) is 0 Å². The smallest absolute Gasteiger partial charge is 0.135 e. The largest absolute Gasteiger partial charge is 0.456 e. The normalized spacial score (nSPS) is 18.3. The lowest BCUT2D eigenvalue weighted by atomic mass is 9.51. The average molecular weight is 1550 g/mol. The Morgan fingerprint density at radius 2 is 0.434 bits per heavy atom. The summed E-state index contributed by atoms with van der Waals surface area (Å²) in [6.45, 7) is 0. The van der Waals surface area contributed by atoms with Gasteiger partial charge in [-0.05, 0) is 203 Å². The summed E-state index contributed by atoms with van der Waals surface area (Å²) in [4.78, 5) is 0. The van der Waals surface area contributed by atoms with Gasteiger partial charge >= 0.3 is 0 Å². The maximum Gasteiger partial charge on any atom is 0.135 e. The molecule has 6 heterocycles. The van der Waals surface area contributed by atoms with Gasteiger partial charge in [-0.3, -0.25) is 0 Å². The van der Waals surface area contributed by atoms with E-state index in [1.54, 1.807) is 0 Å². The molecule has 122 heavy (non-hydrogen) atoms. The van der Waals surface area contributed by atoms with E-state index in [1.807, 2.05) is 0 Å². The summed E-state index contributed by atoms with van der Waals surface area (Å²) in [5.74, 6) is 0. The summed E-state index contributed by atoms with van der Waals surface area (Å²) >= 11 is 0. The summed E-state index contributed by atoms with van der Waals surface area (Å²) < 4.78 is 23.7. The maximum absolute atomic E-state index is 6.86. The molecule has 2 atom stereocenters. The molecule has 0 spiro atoms. The van der Waals surface area contributed by atoms with Crippen molar-refractivity contribution in [1.29, 1.82) is 0 Å². The topological polar surface area (TPSA) is 46.0 Å². The van der Waals surface area contributed by atoms with Crippen molar-refractivity contribution in [2.75, 3.05) is 0 Å². The fraction of sp³-hybridized carbons (Fsp3) is 0.0345. The molecule has 6 nitrogen and oxygen atoms in total. The standard InChI is InChI=1S/2C58H32N2O/c1-5-23-45-33(13-1)34-14-2-6-24-46(34)59(45)49-31-29-43-53-37(49)17-9-19-39(53)57-40-20-10-18-38-50(60-47-25-7-3-15-35(47)36-16-4-8-26-48(36)60)32-30-44(54(38)40)58(43,57)42-22-12-28-52-56(42)55-41(57)21-11-27-51(55)61-52;1-3-15-33(16-4-1)59-47-28-10-8-20-36(47)51-37-21-11-23-40-52(37)45(32-48(51)59)58-43-26-14-30-50-55(43)54-42(25-13-29-49(54)61-50)57(40,58)41-24-12-22-38-53(41)44(58)31-39-35-19-7-9-27-46(35)60(56(38)39)34-17-5-2-6-18-34/h2*1-32H.